The number of anilines is 2. The van der Waals surface area contributed by atoms with Gasteiger partial charge < -0.3 is 20.6 Å². The van der Waals surface area contributed by atoms with Crippen LogP contribution in [0.5, 0.6) is 0 Å². The van der Waals surface area contributed by atoms with E-state index < -0.39 is 0 Å². The molecule has 1 fully saturated rings. The molecule has 3 heterocycles. The van der Waals surface area contributed by atoms with E-state index in [0.29, 0.717) is 5.69 Å². The average molecular weight is 360 g/mol. The Morgan fingerprint density at radius 1 is 1.40 bits per heavy atom. The van der Waals surface area contributed by atoms with Crippen LogP contribution in [0.4, 0.5) is 20.8 Å². The van der Waals surface area contributed by atoms with Gasteiger partial charge in [-0.1, -0.05) is 0 Å². The fraction of sp³-hybridized carbons (Fsp3) is 0.389. The number of aryl methyl sites for hydroxylation is 1. The number of aliphatic hydroxyl groups is 1. The van der Waals surface area contributed by atoms with Crippen LogP contribution in [0.15, 0.2) is 29.3 Å². The lowest BCUT2D eigenvalue weighted by molar-refractivity contribution is 0.223. The number of benzene rings is 1. The van der Waals surface area contributed by atoms with Crippen molar-refractivity contribution in [3.8, 4) is 0 Å². The van der Waals surface area contributed by atoms with Crippen LogP contribution in [0, 0.1) is 12.7 Å². The minimum absolute atomic E-state index is 0.171. The SMILES string of the molecule is Cc1cc2c(s1)Nc1cc(F)ccc1N=C2N1CCNC(CCO)C1. The van der Waals surface area contributed by atoms with Crippen LogP contribution in [0.1, 0.15) is 16.9 Å². The van der Waals surface area contributed by atoms with Crippen molar-refractivity contribution in [2.75, 3.05) is 31.6 Å². The molecule has 1 aromatic carbocycles. The maximum atomic E-state index is 13.7. The van der Waals surface area contributed by atoms with Gasteiger partial charge in [0.25, 0.3) is 0 Å². The minimum Gasteiger partial charge on any atom is -0.396 e. The molecule has 3 N–H and O–H groups in total. The zero-order chi connectivity index (χ0) is 17.4. The molecule has 132 valence electrons. The monoisotopic (exact) mass is 360 g/mol. The topological polar surface area (TPSA) is 59.9 Å². The van der Waals surface area contributed by atoms with Gasteiger partial charge in [0.1, 0.15) is 16.7 Å². The fourth-order valence-electron chi connectivity index (χ4n) is 3.38. The molecule has 1 saturated heterocycles. The van der Waals surface area contributed by atoms with Crippen LogP contribution < -0.4 is 10.6 Å². The van der Waals surface area contributed by atoms with Gasteiger partial charge in [0.05, 0.1) is 16.9 Å². The zero-order valence-electron chi connectivity index (χ0n) is 14.1. The van der Waals surface area contributed by atoms with Crippen LogP contribution in [-0.4, -0.2) is 48.1 Å². The highest BCUT2D eigenvalue weighted by atomic mass is 32.1. The molecule has 25 heavy (non-hydrogen) atoms. The minimum atomic E-state index is -0.273. The van der Waals surface area contributed by atoms with E-state index in [4.69, 9.17) is 4.99 Å². The standard InChI is InChI=1S/C18H21FN4OS/c1-11-8-14-17(23-6-5-20-13(10-23)4-7-24)21-15-3-2-12(19)9-16(15)22-18(14)25-11/h2-3,8-9,13,20,22,24H,4-7,10H2,1H3. The number of aliphatic imine (C=N–C) groups is 1. The molecule has 1 aromatic heterocycles. The van der Waals surface area contributed by atoms with Crippen LogP contribution in [-0.2, 0) is 0 Å². The van der Waals surface area contributed by atoms with E-state index in [1.165, 1.54) is 17.0 Å². The van der Waals surface area contributed by atoms with Gasteiger partial charge in [-0.2, -0.15) is 0 Å². The highest BCUT2D eigenvalue weighted by Crippen LogP contribution is 2.39. The number of aliphatic hydroxyl groups excluding tert-OH is 1. The van der Waals surface area contributed by atoms with E-state index in [1.54, 1.807) is 17.4 Å². The van der Waals surface area contributed by atoms with Crippen LogP contribution in [0.3, 0.4) is 0 Å². The maximum Gasteiger partial charge on any atom is 0.139 e. The third-order valence-electron chi connectivity index (χ3n) is 4.56. The highest BCUT2D eigenvalue weighted by molar-refractivity contribution is 7.16. The van der Waals surface area contributed by atoms with Crippen molar-refractivity contribution in [3.63, 3.8) is 0 Å². The Hall–Kier alpha value is -1.96. The molecule has 2 aromatic rings. The quantitative estimate of drug-likeness (QED) is 0.771. The van der Waals surface area contributed by atoms with Gasteiger partial charge in [0, 0.05) is 37.2 Å². The molecule has 1 atom stereocenters. The van der Waals surface area contributed by atoms with Crippen molar-refractivity contribution in [2.24, 2.45) is 4.99 Å². The van der Waals surface area contributed by atoms with E-state index in [9.17, 15) is 9.50 Å². The van der Waals surface area contributed by atoms with Crippen molar-refractivity contribution in [2.45, 2.75) is 19.4 Å². The number of piperazine rings is 1. The second kappa shape index (κ2) is 6.74. The van der Waals surface area contributed by atoms with Crippen molar-refractivity contribution < 1.29 is 9.50 Å². The fourth-order valence-corrected chi connectivity index (χ4v) is 4.30. The summed E-state index contributed by atoms with van der Waals surface area (Å²) in [5.74, 6) is 0.645. The Morgan fingerprint density at radius 2 is 2.28 bits per heavy atom. The number of hydrogen-bond donors (Lipinski definition) is 3. The normalized spacial score (nSPS) is 19.6. The first-order valence-corrected chi connectivity index (χ1v) is 9.31. The van der Waals surface area contributed by atoms with Crippen LogP contribution >= 0.6 is 11.3 Å². The Balaban J connectivity index is 1.76. The molecule has 0 aliphatic carbocycles. The summed E-state index contributed by atoms with van der Waals surface area (Å²) < 4.78 is 13.7. The maximum absolute atomic E-state index is 13.7. The Labute approximate surface area is 150 Å². The third-order valence-corrected chi connectivity index (χ3v) is 5.53. The largest absolute Gasteiger partial charge is 0.396 e. The highest BCUT2D eigenvalue weighted by Gasteiger charge is 2.27. The van der Waals surface area contributed by atoms with Crippen LogP contribution in [0.2, 0.25) is 0 Å². The number of fused-ring (bicyclic) bond motifs is 2. The molecule has 2 aliphatic rings. The lowest BCUT2D eigenvalue weighted by atomic mass is 10.1. The first-order valence-electron chi connectivity index (χ1n) is 8.49. The van der Waals surface area contributed by atoms with E-state index in [1.807, 2.05) is 0 Å². The zero-order valence-corrected chi connectivity index (χ0v) is 14.9. The molecule has 0 radical (unpaired) electrons. The first kappa shape index (κ1) is 16.5. The third kappa shape index (κ3) is 3.27. The van der Waals surface area contributed by atoms with Gasteiger partial charge in [-0.15, -0.1) is 11.3 Å². The average Bonchev–Trinajstić information content (AvgIpc) is 2.88. The predicted octanol–water partition coefficient (Wildman–Crippen LogP) is 2.99. The Bertz CT molecular complexity index is 817. The summed E-state index contributed by atoms with van der Waals surface area (Å²) in [5, 5.41) is 17.0. The number of amidine groups is 1. The summed E-state index contributed by atoms with van der Waals surface area (Å²) in [7, 11) is 0. The number of halogens is 1. The number of hydrogen-bond acceptors (Lipinski definition) is 6. The van der Waals surface area contributed by atoms with Crippen molar-refractivity contribution in [3.05, 3.63) is 40.5 Å². The number of rotatable bonds is 2. The number of thiophene rings is 1. The number of nitrogens with zero attached hydrogens (tertiary/aromatic N) is 2. The second-order valence-corrected chi connectivity index (χ2v) is 7.69. The predicted molar refractivity (Wildman–Crippen MR) is 100 cm³/mol. The van der Waals surface area contributed by atoms with E-state index in [-0.39, 0.29) is 18.5 Å². The van der Waals surface area contributed by atoms with Crippen molar-refractivity contribution >= 4 is 33.5 Å². The summed E-state index contributed by atoms with van der Waals surface area (Å²) in [4.78, 5) is 8.34. The van der Waals surface area contributed by atoms with E-state index in [2.05, 4.69) is 28.5 Å². The van der Waals surface area contributed by atoms with E-state index in [0.717, 1.165) is 48.1 Å². The Morgan fingerprint density at radius 3 is 3.12 bits per heavy atom. The van der Waals surface area contributed by atoms with Crippen molar-refractivity contribution in [1.29, 1.82) is 0 Å². The molecular formula is C18H21FN4OS. The molecule has 7 heteroatoms. The second-order valence-electron chi connectivity index (χ2n) is 6.43. The lowest BCUT2D eigenvalue weighted by Gasteiger charge is -2.35. The number of nitrogens with one attached hydrogen (secondary N) is 2. The summed E-state index contributed by atoms with van der Waals surface area (Å²) in [6.45, 7) is 4.74. The van der Waals surface area contributed by atoms with Gasteiger partial charge in [-0.25, -0.2) is 9.38 Å². The van der Waals surface area contributed by atoms with E-state index >= 15 is 0 Å². The molecule has 0 bridgehead atoms. The summed E-state index contributed by atoms with van der Waals surface area (Å²) in [5.41, 5.74) is 2.50. The molecule has 4 rings (SSSR count). The molecule has 1 unspecified atom stereocenters. The molecule has 0 amide bonds. The Kier molecular flexibility index (Phi) is 4.45. The van der Waals surface area contributed by atoms with Gasteiger partial charge in [-0.05, 0) is 37.6 Å². The van der Waals surface area contributed by atoms with Gasteiger partial charge in [0.2, 0.25) is 0 Å². The summed E-state index contributed by atoms with van der Waals surface area (Å²) in [6.07, 6.45) is 0.722. The van der Waals surface area contributed by atoms with Gasteiger partial charge in [-0.3, -0.25) is 0 Å². The lowest BCUT2D eigenvalue weighted by Crippen LogP contribution is -2.53. The molecule has 0 saturated carbocycles. The summed E-state index contributed by atoms with van der Waals surface area (Å²) in [6, 6.07) is 7.03. The van der Waals surface area contributed by atoms with Crippen LogP contribution in [0.25, 0.3) is 0 Å². The molecule has 5 nitrogen and oxygen atoms in total. The van der Waals surface area contributed by atoms with Gasteiger partial charge >= 0.3 is 0 Å². The molecule has 0 spiro atoms. The molecule has 2 aliphatic heterocycles. The van der Waals surface area contributed by atoms with Gasteiger partial charge in [0.15, 0.2) is 0 Å². The van der Waals surface area contributed by atoms with Crippen molar-refractivity contribution in [1.82, 2.24) is 10.2 Å². The first-order chi connectivity index (χ1) is 12.1. The molecular weight excluding hydrogens is 339 g/mol. The smallest absolute Gasteiger partial charge is 0.139 e. The summed E-state index contributed by atoms with van der Waals surface area (Å²) >= 11 is 1.66.